The number of carbonyl (C=O) groups excluding carboxylic acids is 1. The van der Waals surface area contributed by atoms with Crippen LogP contribution in [-0.2, 0) is 19.1 Å². The molecule has 2 atom stereocenters. The van der Waals surface area contributed by atoms with Crippen molar-refractivity contribution in [2.75, 3.05) is 6.61 Å². The quantitative estimate of drug-likeness (QED) is 0.200. The molecule has 0 saturated heterocycles. The number of hydrogen-bond acceptors (Lipinski definition) is 4. The Labute approximate surface area is 203 Å². The maximum Gasteiger partial charge on any atom is 0.307 e. The summed E-state index contributed by atoms with van der Waals surface area (Å²) >= 11 is 0. The van der Waals surface area contributed by atoms with Gasteiger partial charge in [-0.25, -0.2) is 0 Å². The molecule has 0 rings (SSSR count). The number of esters is 1. The van der Waals surface area contributed by atoms with Crippen LogP contribution in [0.25, 0.3) is 0 Å². The first-order valence-corrected chi connectivity index (χ1v) is 12.5. The van der Waals surface area contributed by atoms with Crippen molar-refractivity contribution in [3.63, 3.8) is 0 Å². The van der Waals surface area contributed by atoms with Gasteiger partial charge < -0.3 is 14.6 Å². The lowest BCUT2D eigenvalue weighted by atomic mass is 9.66. The van der Waals surface area contributed by atoms with Crippen molar-refractivity contribution in [2.24, 2.45) is 22.7 Å². The van der Waals surface area contributed by atoms with Crippen molar-refractivity contribution in [1.82, 2.24) is 0 Å². The molecule has 5 heteroatoms. The Morgan fingerprint density at radius 3 is 1.94 bits per heavy atom. The van der Waals surface area contributed by atoms with Gasteiger partial charge in [0.05, 0.1) is 24.5 Å². The minimum Gasteiger partial charge on any atom is -0.481 e. The van der Waals surface area contributed by atoms with Crippen molar-refractivity contribution < 1.29 is 24.2 Å². The van der Waals surface area contributed by atoms with E-state index in [0.29, 0.717) is 18.9 Å². The van der Waals surface area contributed by atoms with Gasteiger partial charge in [0.15, 0.2) is 0 Å². The van der Waals surface area contributed by atoms with Crippen LogP contribution < -0.4 is 0 Å². The standard InChI is InChI=1S/C28H52O5/c1-13-14-26(7,8)21(3)19-27(9,10)20(2)17-22(24(30)31)18-23(29)33-28(11,12)15-16-32-25(4,5)6/h21-22H,2,13-19H2,1,3-12H3,(H,30,31). The average Bonchev–Trinajstić information content (AvgIpc) is 2.58. The molecule has 33 heavy (non-hydrogen) atoms. The molecule has 0 amide bonds. The van der Waals surface area contributed by atoms with Crippen molar-refractivity contribution in [3.05, 3.63) is 12.2 Å². The molecule has 0 spiro atoms. The number of carbonyl (C=O) groups is 2. The third kappa shape index (κ3) is 12.6. The van der Waals surface area contributed by atoms with Crippen LogP contribution in [0.15, 0.2) is 12.2 Å². The van der Waals surface area contributed by atoms with E-state index < -0.39 is 23.5 Å². The van der Waals surface area contributed by atoms with E-state index in [1.54, 1.807) is 0 Å². The van der Waals surface area contributed by atoms with Crippen LogP contribution in [0, 0.1) is 22.7 Å². The molecule has 0 aliphatic carbocycles. The first-order chi connectivity index (χ1) is 14.7. The minimum absolute atomic E-state index is 0.162. The van der Waals surface area contributed by atoms with Gasteiger partial charge in [0.2, 0.25) is 0 Å². The fraction of sp³-hybridized carbons (Fsp3) is 0.857. The third-order valence-corrected chi connectivity index (χ3v) is 6.89. The van der Waals surface area contributed by atoms with Crippen molar-refractivity contribution >= 4 is 11.9 Å². The Morgan fingerprint density at radius 2 is 1.48 bits per heavy atom. The number of carboxylic acids is 1. The second kappa shape index (κ2) is 12.4. The molecule has 194 valence electrons. The van der Waals surface area contributed by atoms with Crippen molar-refractivity contribution in [2.45, 2.75) is 126 Å². The highest BCUT2D eigenvalue weighted by Crippen LogP contribution is 2.43. The van der Waals surface area contributed by atoms with Crippen molar-refractivity contribution in [1.29, 1.82) is 0 Å². The summed E-state index contributed by atoms with van der Waals surface area (Å²) in [7, 11) is 0. The summed E-state index contributed by atoms with van der Waals surface area (Å²) in [6, 6.07) is 0. The summed E-state index contributed by atoms with van der Waals surface area (Å²) in [6.07, 6.45) is 3.86. The van der Waals surface area contributed by atoms with Gasteiger partial charge in [-0.3, -0.25) is 9.59 Å². The first kappa shape index (κ1) is 31.6. The molecule has 2 unspecified atom stereocenters. The van der Waals surface area contributed by atoms with Crippen molar-refractivity contribution in [3.8, 4) is 0 Å². The summed E-state index contributed by atoms with van der Waals surface area (Å²) in [5, 5.41) is 9.78. The van der Waals surface area contributed by atoms with Gasteiger partial charge in [-0.05, 0) is 70.6 Å². The Balaban J connectivity index is 5.04. The van der Waals surface area contributed by atoms with Gasteiger partial charge in [-0.2, -0.15) is 0 Å². The summed E-state index contributed by atoms with van der Waals surface area (Å²) in [5.41, 5.74) is -0.108. The van der Waals surface area contributed by atoms with E-state index >= 15 is 0 Å². The summed E-state index contributed by atoms with van der Waals surface area (Å²) in [5.74, 6) is -1.86. The Hall–Kier alpha value is -1.36. The Morgan fingerprint density at radius 1 is 0.939 bits per heavy atom. The Kier molecular flexibility index (Phi) is 11.9. The highest BCUT2D eigenvalue weighted by atomic mass is 16.6. The van der Waals surface area contributed by atoms with E-state index in [2.05, 4.69) is 48.1 Å². The third-order valence-electron chi connectivity index (χ3n) is 6.89. The number of ether oxygens (including phenoxy) is 2. The molecule has 5 nitrogen and oxygen atoms in total. The zero-order chi connectivity index (χ0) is 26.3. The SMILES string of the molecule is C=C(CC(CC(=O)OC(C)(C)CCOC(C)(C)C)C(=O)O)C(C)(C)CC(C)C(C)(C)CCC. The second-order valence-corrected chi connectivity index (χ2v) is 12.7. The predicted molar refractivity (Wildman–Crippen MR) is 136 cm³/mol. The topological polar surface area (TPSA) is 72.8 Å². The van der Waals surface area contributed by atoms with E-state index in [9.17, 15) is 14.7 Å². The van der Waals surface area contributed by atoms with Crippen LogP contribution in [0.4, 0.5) is 0 Å². The molecule has 0 fully saturated rings. The van der Waals surface area contributed by atoms with E-state index in [1.807, 2.05) is 34.6 Å². The van der Waals surface area contributed by atoms with Crippen LogP contribution in [0.3, 0.4) is 0 Å². The van der Waals surface area contributed by atoms with Gasteiger partial charge in [-0.1, -0.05) is 60.1 Å². The highest BCUT2D eigenvalue weighted by molar-refractivity contribution is 5.79. The molecule has 1 N–H and O–H groups in total. The summed E-state index contributed by atoms with van der Waals surface area (Å²) < 4.78 is 11.4. The smallest absolute Gasteiger partial charge is 0.307 e. The van der Waals surface area contributed by atoms with Gasteiger partial charge in [0.1, 0.15) is 5.60 Å². The lowest BCUT2D eigenvalue weighted by Gasteiger charge is -2.39. The Bertz CT molecular complexity index is 652. The molecule has 0 aliphatic heterocycles. The molecule has 0 heterocycles. The average molecular weight is 469 g/mol. The van der Waals surface area contributed by atoms with Crippen LogP contribution in [0.2, 0.25) is 0 Å². The van der Waals surface area contributed by atoms with E-state index in [1.165, 1.54) is 0 Å². The largest absolute Gasteiger partial charge is 0.481 e. The summed E-state index contributed by atoms with van der Waals surface area (Å²) in [4.78, 5) is 24.5. The number of carboxylic acid groups (broad SMARTS) is 1. The van der Waals surface area contributed by atoms with Crippen LogP contribution >= 0.6 is 0 Å². The molecular weight excluding hydrogens is 416 g/mol. The number of hydrogen-bond donors (Lipinski definition) is 1. The van der Waals surface area contributed by atoms with Crippen LogP contribution in [0.5, 0.6) is 0 Å². The zero-order valence-corrected chi connectivity index (χ0v) is 23.4. The normalized spacial score (nSPS) is 15.1. The van der Waals surface area contributed by atoms with Gasteiger partial charge >= 0.3 is 11.9 Å². The van der Waals surface area contributed by atoms with Crippen LogP contribution in [0.1, 0.15) is 115 Å². The fourth-order valence-electron chi connectivity index (χ4n) is 4.10. The monoisotopic (exact) mass is 468 g/mol. The van der Waals surface area contributed by atoms with Gasteiger partial charge in [0.25, 0.3) is 0 Å². The lowest BCUT2D eigenvalue weighted by Crippen LogP contribution is -2.33. The van der Waals surface area contributed by atoms with E-state index in [-0.39, 0.29) is 29.3 Å². The highest BCUT2D eigenvalue weighted by Gasteiger charge is 2.35. The summed E-state index contributed by atoms with van der Waals surface area (Å²) in [6.45, 7) is 27.6. The molecular formula is C28H52O5. The lowest BCUT2D eigenvalue weighted by molar-refractivity contribution is -0.163. The van der Waals surface area contributed by atoms with Gasteiger partial charge in [-0.15, -0.1) is 0 Å². The molecule has 0 saturated carbocycles. The fourth-order valence-corrected chi connectivity index (χ4v) is 4.10. The minimum atomic E-state index is -0.989. The maximum atomic E-state index is 12.6. The zero-order valence-electron chi connectivity index (χ0n) is 23.4. The van der Waals surface area contributed by atoms with E-state index in [0.717, 1.165) is 24.8 Å². The number of rotatable bonds is 15. The molecule has 0 aliphatic rings. The molecule has 0 bridgehead atoms. The molecule has 0 aromatic heterocycles. The number of aliphatic carboxylic acids is 1. The van der Waals surface area contributed by atoms with Crippen LogP contribution in [-0.4, -0.2) is 34.9 Å². The van der Waals surface area contributed by atoms with Gasteiger partial charge in [0, 0.05) is 6.42 Å². The maximum absolute atomic E-state index is 12.6. The molecule has 0 aromatic rings. The predicted octanol–water partition coefficient (Wildman–Crippen LogP) is 7.43. The first-order valence-electron chi connectivity index (χ1n) is 12.5. The molecule has 0 aromatic carbocycles. The van der Waals surface area contributed by atoms with E-state index in [4.69, 9.17) is 9.47 Å². The number of allylic oxidation sites excluding steroid dienone is 1. The molecule has 0 radical (unpaired) electrons. The second-order valence-electron chi connectivity index (χ2n) is 12.7.